The van der Waals surface area contributed by atoms with Crippen LogP contribution in [0.2, 0.25) is 0 Å². The first kappa shape index (κ1) is 13.4. The fourth-order valence-electron chi connectivity index (χ4n) is 1.94. The van der Waals surface area contributed by atoms with Crippen LogP contribution in [-0.4, -0.2) is 27.9 Å². The molecule has 0 saturated heterocycles. The molecule has 0 heterocycles. The van der Waals surface area contributed by atoms with Gasteiger partial charge in [-0.15, -0.1) is 0 Å². The van der Waals surface area contributed by atoms with E-state index in [1.54, 1.807) is 6.08 Å². The number of rotatable bonds is 6. The minimum absolute atomic E-state index is 0.00201. The van der Waals surface area contributed by atoms with Gasteiger partial charge in [0.25, 0.3) is 0 Å². The molecule has 0 amide bonds. The van der Waals surface area contributed by atoms with E-state index < -0.39 is 11.9 Å². The van der Waals surface area contributed by atoms with E-state index in [9.17, 15) is 14.4 Å². The Morgan fingerprint density at radius 2 is 1.88 bits per heavy atom. The molecule has 1 unspecified atom stereocenters. The van der Waals surface area contributed by atoms with E-state index >= 15 is 0 Å². The van der Waals surface area contributed by atoms with Crippen LogP contribution in [-0.2, 0) is 14.4 Å². The fourth-order valence-corrected chi connectivity index (χ4v) is 1.94. The van der Waals surface area contributed by atoms with E-state index in [4.69, 9.17) is 10.2 Å². The Morgan fingerprint density at radius 1 is 1.24 bits per heavy atom. The second-order valence-corrected chi connectivity index (χ2v) is 4.24. The largest absolute Gasteiger partial charge is 0.481 e. The van der Waals surface area contributed by atoms with Gasteiger partial charge in [0.2, 0.25) is 0 Å². The Labute approximate surface area is 99.1 Å². The van der Waals surface area contributed by atoms with Gasteiger partial charge in [0.1, 0.15) is 0 Å². The zero-order valence-corrected chi connectivity index (χ0v) is 9.52. The summed E-state index contributed by atoms with van der Waals surface area (Å²) in [4.78, 5) is 32.4. The molecule has 0 aromatic heterocycles. The number of hydrogen-bond donors (Lipinski definition) is 2. The number of ketones is 1. The number of carbonyl (C=O) groups excluding carboxylic acids is 1. The molecule has 0 radical (unpaired) electrons. The van der Waals surface area contributed by atoms with Crippen molar-refractivity contribution in [2.75, 3.05) is 0 Å². The second-order valence-electron chi connectivity index (χ2n) is 4.24. The van der Waals surface area contributed by atoms with Gasteiger partial charge >= 0.3 is 11.9 Å². The number of carboxylic acid groups (broad SMARTS) is 2. The van der Waals surface area contributed by atoms with Crippen molar-refractivity contribution in [1.29, 1.82) is 0 Å². The molecule has 0 spiro atoms. The Kier molecular flexibility index (Phi) is 4.87. The van der Waals surface area contributed by atoms with E-state index in [1.807, 2.05) is 0 Å². The van der Waals surface area contributed by atoms with Gasteiger partial charge in [-0.1, -0.05) is 6.08 Å². The van der Waals surface area contributed by atoms with Gasteiger partial charge in [-0.3, -0.25) is 14.4 Å². The highest BCUT2D eigenvalue weighted by molar-refractivity contribution is 5.96. The molecule has 0 aliphatic heterocycles. The molecule has 17 heavy (non-hydrogen) atoms. The van der Waals surface area contributed by atoms with E-state index in [-0.39, 0.29) is 31.0 Å². The molecule has 1 atom stereocenters. The summed E-state index contributed by atoms with van der Waals surface area (Å²) in [5.74, 6) is -1.68. The molecule has 1 rings (SSSR count). The summed E-state index contributed by atoms with van der Waals surface area (Å²) in [5.41, 5.74) is 0.550. The van der Waals surface area contributed by atoms with Crippen LogP contribution < -0.4 is 0 Å². The van der Waals surface area contributed by atoms with Crippen molar-refractivity contribution in [1.82, 2.24) is 0 Å². The first-order chi connectivity index (χ1) is 7.99. The molecule has 0 bridgehead atoms. The van der Waals surface area contributed by atoms with Crippen LogP contribution in [0.5, 0.6) is 0 Å². The number of allylic oxidation sites excluding steroid dienone is 2. The SMILES string of the molecule is O=C(O)CCC1=CC(CCC(=O)O)CCC1=O. The summed E-state index contributed by atoms with van der Waals surface area (Å²) < 4.78 is 0. The van der Waals surface area contributed by atoms with Crippen molar-refractivity contribution >= 4 is 17.7 Å². The molecule has 0 fully saturated rings. The van der Waals surface area contributed by atoms with Crippen LogP contribution in [0, 0.1) is 5.92 Å². The lowest BCUT2D eigenvalue weighted by Gasteiger charge is -2.19. The molecule has 94 valence electrons. The second kappa shape index (κ2) is 6.18. The quantitative estimate of drug-likeness (QED) is 0.736. The van der Waals surface area contributed by atoms with Crippen LogP contribution in [0.4, 0.5) is 0 Å². The number of carbonyl (C=O) groups is 3. The molecule has 1 aliphatic rings. The third-order valence-electron chi connectivity index (χ3n) is 2.87. The average molecular weight is 240 g/mol. The van der Waals surface area contributed by atoms with Gasteiger partial charge in [-0.05, 0) is 30.8 Å². The lowest BCUT2D eigenvalue weighted by atomic mass is 9.85. The highest BCUT2D eigenvalue weighted by atomic mass is 16.4. The maximum Gasteiger partial charge on any atom is 0.303 e. The summed E-state index contributed by atoms with van der Waals surface area (Å²) in [6.07, 6.45) is 3.62. The molecular weight excluding hydrogens is 224 g/mol. The Hall–Kier alpha value is -1.65. The molecule has 0 aromatic rings. The fraction of sp³-hybridized carbons (Fsp3) is 0.583. The summed E-state index contributed by atoms with van der Waals surface area (Å²) in [6.45, 7) is 0. The van der Waals surface area contributed by atoms with Crippen molar-refractivity contribution in [3.05, 3.63) is 11.6 Å². The summed E-state index contributed by atoms with van der Waals surface area (Å²) >= 11 is 0. The van der Waals surface area contributed by atoms with Crippen LogP contribution in [0.15, 0.2) is 11.6 Å². The van der Waals surface area contributed by atoms with Crippen molar-refractivity contribution in [2.45, 2.75) is 38.5 Å². The third-order valence-corrected chi connectivity index (χ3v) is 2.87. The normalized spacial score (nSPS) is 19.9. The molecule has 0 saturated carbocycles. The van der Waals surface area contributed by atoms with Crippen LogP contribution in [0.25, 0.3) is 0 Å². The predicted molar refractivity (Wildman–Crippen MR) is 59.6 cm³/mol. The molecule has 0 aromatic carbocycles. The van der Waals surface area contributed by atoms with Crippen LogP contribution in [0.1, 0.15) is 38.5 Å². The topological polar surface area (TPSA) is 91.7 Å². The van der Waals surface area contributed by atoms with Gasteiger partial charge in [0.15, 0.2) is 5.78 Å². The Bertz CT molecular complexity index is 356. The third kappa shape index (κ3) is 4.80. The number of carboxylic acids is 2. The number of Topliss-reactive ketones (excluding diaryl/α,β-unsaturated/α-hetero) is 1. The van der Waals surface area contributed by atoms with Crippen molar-refractivity contribution in [3.8, 4) is 0 Å². The maximum absolute atomic E-state index is 11.5. The average Bonchev–Trinajstić information content (AvgIpc) is 2.26. The molecule has 5 heteroatoms. The summed E-state index contributed by atoms with van der Waals surface area (Å²) in [6, 6.07) is 0. The van der Waals surface area contributed by atoms with Gasteiger partial charge in [0, 0.05) is 19.3 Å². The van der Waals surface area contributed by atoms with E-state index in [1.165, 1.54) is 0 Å². The Balaban J connectivity index is 2.55. The lowest BCUT2D eigenvalue weighted by Crippen LogP contribution is -2.15. The number of aliphatic carboxylic acids is 2. The first-order valence-electron chi connectivity index (χ1n) is 5.66. The molecule has 1 aliphatic carbocycles. The van der Waals surface area contributed by atoms with Gasteiger partial charge < -0.3 is 10.2 Å². The number of hydrogen-bond acceptors (Lipinski definition) is 3. The Morgan fingerprint density at radius 3 is 2.47 bits per heavy atom. The highest BCUT2D eigenvalue weighted by Crippen LogP contribution is 2.26. The molecule has 5 nitrogen and oxygen atoms in total. The van der Waals surface area contributed by atoms with Gasteiger partial charge in [-0.2, -0.15) is 0 Å². The van der Waals surface area contributed by atoms with Crippen LogP contribution >= 0.6 is 0 Å². The first-order valence-corrected chi connectivity index (χ1v) is 5.66. The van der Waals surface area contributed by atoms with E-state index in [0.29, 0.717) is 24.8 Å². The van der Waals surface area contributed by atoms with E-state index in [2.05, 4.69) is 0 Å². The smallest absolute Gasteiger partial charge is 0.303 e. The zero-order valence-electron chi connectivity index (χ0n) is 9.52. The molecule has 2 N–H and O–H groups in total. The van der Waals surface area contributed by atoms with Crippen LogP contribution in [0.3, 0.4) is 0 Å². The molecular formula is C12H16O5. The maximum atomic E-state index is 11.5. The predicted octanol–water partition coefficient (Wildman–Crippen LogP) is 1.62. The van der Waals surface area contributed by atoms with Gasteiger partial charge in [-0.25, -0.2) is 0 Å². The standard InChI is InChI=1S/C12H16O5/c13-10-4-1-8(2-5-11(14)15)7-9(10)3-6-12(16)17/h7-8H,1-6H2,(H,14,15)(H,16,17). The summed E-state index contributed by atoms with van der Waals surface area (Å²) in [7, 11) is 0. The minimum Gasteiger partial charge on any atom is -0.481 e. The van der Waals surface area contributed by atoms with Crippen molar-refractivity contribution in [3.63, 3.8) is 0 Å². The zero-order chi connectivity index (χ0) is 12.8. The van der Waals surface area contributed by atoms with E-state index in [0.717, 1.165) is 0 Å². The van der Waals surface area contributed by atoms with Crippen molar-refractivity contribution in [2.24, 2.45) is 5.92 Å². The lowest BCUT2D eigenvalue weighted by molar-refractivity contribution is -0.138. The monoisotopic (exact) mass is 240 g/mol. The van der Waals surface area contributed by atoms with Gasteiger partial charge in [0.05, 0.1) is 0 Å². The minimum atomic E-state index is -0.925. The van der Waals surface area contributed by atoms with Crippen molar-refractivity contribution < 1.29 is 24.6 Å². The summed E-state index contributed by atoms with van der Waals surface area (Å²) in [5, 5.41) is 17.1. The highest BCUT2D eigenvalue weighted by Gasteiger charge is 2.21.